The van der Waals surface area contributed by atoms with Crippen molar-refractivity contribution in [3.8, 4) is 0 Å². The average Bonchev–Trinajstić information content (AvgIpc) is 2.55. The molecule has 0 spiro atoms. The van der Waals surface area contributed by atoms with Crippen LogP contribution in [0.4, 0.5) is 0 Å². The number of aryl methyl sites for hydroxylation is 2. The highest BCUT2D eigenvalue weighted by Gasteiger charge is 2.35. The second kappa shape index (κ2) is 7.66. The van der Waals surface area contributed by atoms with Gasteiger partial charge >= 0.3 is 0 Å². The molecule has 0 radical (unpaired) electrons. The number of rotatable bonds is 4. The smallest absolute Gasteiger partial charge is 0.278 e. The lowest BCUT2D eigenvalue weighted by molar-refractivity contribution is -0.917. The van der Waals surface area contributed by atoms with Gasteiger partial charge in [0.1, 0.15) is 0 Å². The molecule has 1 saturated heterocycles. The van der Waals surface area contributed by atoms with Crippen LogP contribution in [0.1, 0.15) is 38.8 Å². The van der Waals surface area contributed by atoms with E-state index in [9.17, 15) is 13.2 Å². The van der Waals surface area contributed by atoms with Gasteiger partial charge in [0, 0.05) is 5.54 Å². The van der Waals surface area contributed by atoms with Gasteiger partial charge in [-0.05, 0) is 64.8 Å². The maximum absolute atomic E-state index is 12.9. The van der Waals surface area contributed by atoms with Crippen LogP contribution in [0.15, 0.2) is 23.1 Å². The Morgan fingerprint density at radius 2 is 1.73 bits per heavy atom. The van der Waals surface area contributed by atoms with E-state index >= 15 is 0 Å². The van der Waals surface area contributed by atoms with Crippen LogP contribution in [0.5, 0.6) is 0 Å². The number of hydrogen-bond acceptors (Lipinski definition) is 3. The summed E-state index contributed by atoms with van der Waals surface area (Å²) in [5.41, 5.74) is 1.79. The first-order chi connectivity index (χ1) is 11.9. The van der Waals surface area contributed by atoms with Crippen LogP contribution in [-0.2, 0) is 14.8 Å². The van der Waals surface area contributed by atoms with E-state index in [0.717, 1.165) is 16.0 Å². The lowest BCUT2D eigenvalue weighted by Crippen LogP contribution is -3.19. The SMILES string of the molecule is Cc1ccc(S(=O)(=O)N2CC[NH+]([C@@H](C)C(=O)NC(C)(C)C)CC2)cc1C. The molecule has 0 saturated carbocycles. The monoisotopic (exact) mass is 382 g/mol. The molecule has 1 fully saturated rings. The molecule has 1 aromatic carbocycles. The summed E-state index contributed by atoms with van der Waals surface area (Å²) in [7, 11) is -3.48. The summed E-state index contributed by atoms with van der Waals surface area (Å²) in [5, 5.41) is 3.00. The van der Waals surface area contributed by atoms with Gasteiger partial charge in [0.25, 0.3) is 5.91 Å². The highest BCUT2D eigenvalue weighted by atomic mass is 32.2. The van der Waals surface area contributed by atoms with Crippen molar-refractivity contribution >= 4 is 15.9 Å². The molecule has 1 aliphatic heterocycles. The third-order valence-electron chi connectivity index (χ3n) is 4.98. The van der Waals surface area contributed by atoms with E-state index in [1.807, 2.05) is 47.6 Å². The summed E-state index contributed by atoms with van der Waals surface area (Å²) in [6, 6.07) is 5.07. The molecular formula is C19H32N3O3S+. The van der Waals surface area contributed by atoms with Gasteiger partial charge in [0.2, 0.25) is 10.0 Å². The molecule has 1 aliphatic rings. The van der Waals surface area contributed by atoms with Crippen LogP contribution >= 0.6 is 0 Å². The van der Waals surface area contributed by atoms with Gasteiger partial charge in [0.05, 0.1) is 31.1 Å². The fourth-order valence-corrected chi connectivity index (χ4v) is 4.66. The lowest BCUT2D eigenvalue weighted by Gasteiger charge is -2.35. The molecule has 1 aromatic rings. The number of nitrogens with one attached hydrogen (secondary N) is 2. The van der Waals surface area contributed by atoms with E-state index in [0.29, 0.717) is 31.1 Å². The van der Waals surface area contributed by atoms with E-state index in [-0.39, 0.29) is 17.5 Å². The molecule has 0 bridgehead atoms. The molecule has 0 aliphatic carbocycles. The normalized spacial score (nSPS) is 18.5. The molecule has 6 nitrogen and oxygen atoms in total. The van der Waals surface area contributed by atoms with Crippen molar-refractivity contribution in [2.24, 2.45) is 0 Å². The summed E-state index contributed by atoms with van der Waals surface area (Å²) in [4.78, 5) is 13.8. The molecule has 1 amide bonds. The van der Waals surface area contributed by atoms with Crippen LogP contribution in [0, 0.1) is 13.8 Å². The molecule has 2 rings (SSSR count). The van der Waals surface area contributed by atoms with Gasteiger partial charge in [-0.1, -0.05) is 6.07 Å². The minimum absolute atomic E-state index is 0.0120. The highest BCUT2D eigenvalue weighted by molar-refractivity contribution is 7.89. The van der Waals surface area contributed by atoms with Crippen LogP contribution in [0.2, 0.25) is 0 Å². The van der Waals surface area contributed by atoms with Gasteiger partial charge in [0.15, 0.2) is 6.04 Å². The Morgan fingerprint density at radius 3 is 2.23 bits per heavy atom. The third-order valence-corrected chi connectivity index (χ3v) is 6.88. The van der Waals surface area contributed by atoms with Crippen molar-refractivity contribution in [3.05, 3.63) is 29.3 Å². The zero-order valence-electron chi connectivity index (χ0n) is 16.7. The lowest BCUT2D eigenvalue weighted by atomic mass is 10.1. The minimum atomic E-state index is -3.48. The number of nitrogens with zero attached hydrogens (tertiary/aromatic N) is 1. The minimum Gasteiger partial charge on any atom is -0.346 e. The van der Waals surface area contributed by atoms with Crippen LogP contribution in [-0.4, -0.2) is 56.4 Å². The second-order valence-corrected chi connectivity index (χ2v) is 10.2. The first kappa shape index (κ1) is 20.9. The predicted molar refractivity (Wildman–Crippen MR) is 103 cm³/mol. The van der Waals surface area contributed by atoms with Crippen molar-refractivity contribution in [1.29, 1.82) is 0 Å². The average molecular weight is 383 g/mol. The van der Waals surface area contributed by atoms with Gasteiger partial charge in [-0.15, -0.1) is 0 Å². The number of amides is 1. The summed E-state index contributed by atoms with van der Waals surface area (Å²) in [5.74, 6) is 0.0120. The molecule has 2 N–H and O–H groups in total. The van der Waals surface area contributed by atoms with Crippen molar-refractivity contribution in [2.75, 3.05) is 26.2 Å². The van der Waals surface area contributed by atoms with Crippen LogP contribution < -0.4 is 10.2 Å². The number of sulfonamides is 1. The van der Waals surface area contributed by atoms with Crippen LogP contribution in [0.25, 0.3) is 0 Å². The van der Waals surface area contributed by atoms with Gasteiger partial charge in [-0.3, -0.25) is 4.79 Å². The molecule has 7 heteroatoms. The predicted octanol–water partition coefficient (Wildman–Crippen LogP) is 0.496. The topological polar surface area (TPSA) is 70.9 Å². The van der Waals surface area contributed by atoms with Gasteiger partial charge in [-0.2, -0.15) is 4.31 Å². The van der Waals surface area contributed by atoms with E-state index in [4.69, 9.17) is 0 Å². The maximum Gasteiger partial charge on any atom is 0.278 e. The number of quaternary nitrogens is 1. The quantitative estimate of drug-likeness (QED) is 0.797. The molecule has 0 unspecified atom stereocenters. The number of carbonyl (C=O) groups is 1. The Kier molecular flexibility index (Phi) is 6.15. The zero-order valence-corrected chi connectivity index (χ0v) is 17.5. The van der Waals surface area contributed by atoms with Crippen molar-refractivity contribution < 1.29 is 18.1 Å². The van der Waals surface area contributed by atoms with E-state index < -0.39 is 10.0 Å². The Balaban J connectivity index is 2.03. The summed E-state index contributed by atoms with van der Waals surface area (Å²) in [6.07, 6.45) is 0. The van der Waals surface area contributed by atoms with E-state index in [2.05, 4.69) is 5.32 Å². The largest absolute Gasteiger partial charge is 0.346 e. The van der Waals surface area contributed by atoms with E-state index in [1.165, 1.54) is 4.31 Å². The van der Waals surface area contributed by atoms with Gasteiger partial charge in [-0.25, -0.2) is 8.42 Å². The zero-order chi connectivity index (χ0) is 19.7. The summed E-state index contributed by atoms with van der Waals surface area (Å²) >= 11 is 0. The Bertz CT molecular complexity index is 761. The standard InChI is InChI=1S/C19H31N3O3S/c1-14-7-8-17(13-15(14)2)26(24,25)22-11-9-21(10-12-22)16(3)18(23)20-19(4,5)6/h7-8,13,16H,9-12H2,1-6H3,(H,20,23)/p+1/t16-/m0/s1. The third kappa shape index (κ3) is 4.84. The van der Waals surface area contributed by atoms with Crippen molar-refractivity contribution in [2.45, 2.75) is 58.0 Å². The number of hydrogen-bond donors (Lipinski definition) is 2. The van der Waals surface area contributed by atoms with E-state index in [1.54, 1.807) is 12.1 Å². The number of piperazine rings is 1. The number of benzene rings is 1. The molecule has 0 aromatic heterocycles. The van der Waals surface area contributed by atoms with Crippen LogP contribution in [0.3, 0.4) is 0 Å². The first-order valence-electron chi connectivity index (χ1n) is 9.16. The summed E-state index contributed by atoms with van der Waals surface area (Å²) in [6.45, 7) is 13.8. The summed E-state index contributed by atoms with van der Waals surface area (Å²) < 4.78 is 27.3. The Hall–Kier alpha value is -1.44. The molecule has 146 valence electrons. The second-order valence-electron chi connectivity index (χ2n) is 8.27. The highest BCUT2D eigenvalue weighted by Crippen LogP contribution is 2.19. The fourth-order valence-electron chi connectivity index (χ4n) is 3.13. The molecule has 26 heavy (non-hydrogen) atoms. The Labute approximate surface area is 157 Å². The first-order valence-corrected chi connectivity index (χ1v) is 10.6. The van der Waals surface area contributed by atoms with Crippen molar-refractivity contribution in [3.63, 3.8) is 0 Å². The Morgan fingerprint density at radius 1 is 1.15 bits per heavy atom. The molecule has 1 atom stereocenters. The molecule has 1 heterocycles. The van der Waals surface area contributed by atoms with Gasteiger partial charge < -0.3 is 10.2 Å². The fraction of sp³-hybridized carbons (Fsp3) is 0.632. The molecular weight excluding hydrogens is 350 g/mol. The maximum atomic E-state index is 12.9. The number of carbonyl (C=O) groups excluding carboxylic acids is 1. The van der Waals surface area contributed by atoms with Crippen molar-refractivity contribution in [1.82, 2.24) is 9.62 Å².